The van der Waals surface area contributed by atoms with E-state index in [0.717, 1.165) is 22.3 Å². The smallest absolute Gasteiger partial charge is 0.341 e. The van der Waals surface area contributed by atoms with Gasteiger partial charge in [-0.3, -0.25) is 0 Å². The average Bonchev–Trinajstić information content (AvgIpc) is 3.29. The van der Waals surface area contributed by atoms with E-state index in [-0.39, 0.29) is 12.4 Å². The molecule has 4 aromatic rings. The van der Waals surface area contributed by atoms with E-state index in [9.17, 15) is 9.18 Å². The summed E-state index contributed by atoms with van der Waals surface area (Å²) in [5.74, 6) is 5.88. The van der Waals surface area contributed by atoms with Gasteiger partial charge in [0.2, 0.25) is 5.82 Å². The zero-order chi connectivity index (χ0) is 23.0. The molecular weight excluding hydrogens is 423 g/mol. The lowest BCUT2D eigenvalue weighted by Crippen LogP contribution is -2.09. The van der Waals surface area contributed by atoms with E-state index in [1.54, 1.807) is 24.3 Å². The van der Waals surface area contributed by atoms with E-state index in [0.29, 0.717) is 24.5 Å². The molecule has 33 heavy (non-hydrogen) atoms. The van der Waals surface area contributed by atoms with Crippen LogP contribution in [0, 0.1) is 17.7 Å². The number of hydrogen-bond acceptors (Lipinski definition) is 5. The molecular formula is C25H19FN4O3. The zero-order valence-corrected chi connectivity index (χ0v) is 17.5. The minimum Gasteiger partial charge on any atom is -0.482 e. The summed E-state index contributed by atoms with van der Waals surface area (Å²) < 4.78 is 18.1. The minimum atomic E-state index is -1.03. The number of halogens is 1. The molecule has 7 nitrogen and oxygen atoms in total. The molecule has 0 bridgehead atoms. The van der Waals surface area contributed by atoms with E-state index < -0.39 is 5.97 Å². The van der Waals surface area contributed by atoms with Crippen LogP contribution in [-0.4, -0.2) is 37.9 Å². The van der Waals surface area contributed by atoms with Crippen molar-refractivity contribution in [3.8, 4) is 29.0 Å². The van der Waals surface area contributed by atoms with Gasteiger partial charge < -0.3 is 9.84 Å². The fourth-order valence-electron chi connectivity index (χ4n) is 3.01. The van der Waals surface area contributed by atoms with Gasteiger partial charge in [0.05, 0.1) is 6.54 Å². The molecule has 0 saturated heterocycles. The van der Waals surface area contributed by atoms with E-state index in [2.05, 4.69) is 27.3 Å². The number of aromatic nitrogens is 4. The van der Waals surface area contributed by atoms with Crippen molar-refractivity contribution in [3.05, 3.63) is 95.3 Å². The Balaban J connectivity index is 1.40. The second-order valence-electron chi connectivity index (χ2n) is 7.16. The molecule has 0 spiro atoms. The SMILES string of the molecule is O=C(O)COc1ccc(Cn2nnc(-c3cccc(C#CCc4ccc(F)cc4)c3)n2)cc1. The molecule has 0 saturated carbocycles. The van der Waals surface area contributed by atoms with Crippen LogP contribution in [0.3, 0.4) is 0 Å². The lowest BCUT2D eigenvalue weighted by molar-refractivity contribution is -0.139. The Labute approximate surface area is 189 Å². The highest BCUT2D eigenvalue weighted by atomic mass is 19.1. The molecule has 4 rings (SSSR count). The number of rotatable bonds is 7. The van der Waals surface area contributed by atoms with E-state index in [4.69, 9.17) is 9.84 Å². The van der Waals surface area contributed by atoms with Crippen LogP contribution in [0.2, 0.25) is 0 Å². The van der Waals surface area contributed by atoms with E-state index >= 15 is 0 Å². The number of ether oxygens (including phenoxy) is 1. The van der Waals surface area contributed by atoms with Crippen LogP contribution >= 0.6 is 0 Å². The van der Waals surface area contributed by atoms with Gasteiger partial charge in [0.25, 0.3) is 0 Å². The van der Waals surface area contributed by atoms with Gasteiger partial charge in [-0.05, 0) is 52.7 Å². The molecule has 1 aromatic heterocycles. The first-order valence-electron chi connectivity index (χ1n) is 10.1. The van der Waals surface area contributed by atoms with Gasteiger partial charge in [-0.1, -0.05) is 48.2 Å². The summed E-state index contributed by atoms with van der Waals surface area (Å²) >= 11 is 0. The standard InChI is InChI=1S/C25H19FN4O3/c26-22-11-7-18(8-12-22)3-1-4-19-5-2-6-21(15-19)25-27-29-30(28-25)16-20-9-13-23(14-10-20)33-17-24(31)32/h2,5-15H,3,16-17H2,(H,31,32). The predicted molar refractivity (Wildman–Crippen MR) is 119 cm³/mol. The van der Waals surface area contributed by atoms with Crippen molar-refractivity contribution in [2.75, 3.05) is 6.61 Å². The van der Waals surface area contributed by atoms with Crippen molar-refractivity contribution < 1.29 is 19.0 Å². The van der Waals surface area contributed by atoms with Crippen molar-refractivity contribution in [1.29, 1.82) is 0 Å². The number of tetrazole rings is 1. The molecule has 0 aliphatic heterocycles. The summed E-state index contributed by atoms with van der Waals surface area (Å²) in [5, 5.41) is 21.3. The largest absolute Gasteiger partial charge is 0.482 e. The highest BCUT2D eigenvalue weighted by molar-refractivity contribution is 5.68. The third-order valence-corrected chi connectivity index (χ3v) is 4.62. The topological polar surface area (TPSA) is 90.1 Å². The summed E-state index contributed by atoms with van der Waals surface area (Å²) in [7, 11) is 0. The first-order chi connectivity index (χ1) is 16.0. The van der Waals surface area contributed by atoms with Crippen LogP contribution in [0.4, 0.5) is 4.39 Å². The molecule has 0 aliphatic carbocycles. The molecule has 164 valence electrons. The van der Waals surface area contributed by atoms with Gasteiger partial charge in [-0.15, -0.1) is 10.2 Å². The molecule has 0 atom stereocenters. The molecule has 1 heterocycles. The van der Waals surface area contributed by atoms with E-state index in [1.807, 2.05) is 36.4 Å². The van der Waals surface area contributed by atoms with Crippen LogP contribution in [0.5, 0.6) is 5.75 Å². The zero-order valence-electron chi connectivity index (χ0n) is 17.5. The average molecular weight is 442 g/mol. The Kier molecular flexibility index (Phi) is 6.71. The van der Waals surface area contributed by atoms with Crippen LogP contribution in [-0.2, 0) is 17.8 Å². The van der Waals surface area contributed by atoms with Gasteiger partial charge in [-0.2, -0.15) is 4.80 Å². The Bertz CT molecular complexity index is 1310. The Morgan fingerprint density at radius 3 is 2.55 bits per heavy atom. The van der Waals surface area contributed by atoms with Gasteiger partial charge in [-0.25, -0.2) is 9.18 Å². The van der Waals surface area contributed by atoms with Crippen molar-refractivity contribution in [1.82, 2.24) is 20.2 Å². The third-order valence-electron chi connectivity index (χ3n) is 4.62. The van der Waals surface area contributed by atoms with Gasteiger partial charge in [0, 0.05) is 17.5 Å². The van der Waals surface area contributed by atoms with E-state index in [1.165, 1.54) is 16.9 Å². The van der Waals surface area contributed by atoms with Gasteiger partial charge in [0.15, 0.2) is 6.61 Å². The van der Waals surface area contributed by atoms with Crippen LogP contribution in [0.1, 0.15) is 16.7 Å². The van der Waals surface area contributed by atoms with Crippen LogP contribution in [0.15, 0.2) is 72.8 Å². The molecule has 1 N–H and O–H groups in total. The maximum absolute atomic E-state index is 13.0. The minimum absolute atomic E-state index is 0.262. The molecule has 8 heteroatoms. The summed E-state index contributed by atoms with van der Waals surface area (Å²) in [6.07, 6.45) is 0.527. The summed E-state index contributed by atoms with van der Waals surface area (Å²) in [4.78, 5) is 12.1. The maximum atomic E-state index is 13.0. The summed E-state index contributed by atoms with van der Waals surface area (Å²) in [6, 6.07) is 20.9. The van der Waals surface area contributed by atoms with Crippen LogP contribution in [0.25, 0.3) is 11.4 Å². The highest BCUT2D eigenvalue weighted by Gasteiger charge is 2.07. The Morgan fingerprint density at radius 1 is 1.03 bits per heavy atom. The maximum Gasteiger partial charge on any atom is 0.341 e. The van der Waals surface area contributed by atoms with Crippen LogP contribution < -0.4 is 4.74 Å². The number of carboxylic acids is 1. The summed E-state index contributed by atoms with van der Waals surface area (Å²) in [6.45, 7) is 0.0202. The Hall–Kier alpha value is -4.51. The first-order valence-corrected chi connectivity index (χ1v) is 10.1. The number of benzene rings is 3. The monoisotopic (exact) mass is 442 g/mol. The van der Waals surface area contributed by atoms with Crippen molar-refractivity contribution in [2.24, 2.45) is 0 Å². The number of hydrogen-bond donors (Lipinski definition) is 1. The second-order valence-corrected chi connectivity index (χ2v) is 7.16. The fourth-order valence-corrected chi connectivity index (χ4v) is 3.01. The lowest BCUT2D eigenvalue weighted by atomic mass is 10.1. The summed E-state index contributed by atoms with van der Waals surface area (Å²) in [5.41, 5.74) is 3.49. The lowest BCUT2D eigenvalue weighted by Gasteiger charge is -2.04. The number of aliphatic carboxylic acids is 1. The highest BCUT2D eigenvalue weighted by Crippen LogP contribution is 2.16. The van der Waals surface area contributed by atoms with Gasteiger partial charge >= 0.3 is 5.97 Å². The molecule has 3 aromatic carbocycles. The number of carboxylic acid groups (broad SMARTS) is 1. The molecule has 0 radical (unpaired) electrons. The molecule has 0 unspecified atom stereocenters. The number of nitrogens with zero attached hydrogens (tertiary/aromatic N) is 4. The first kappa shape index (κ1) is 21.7. The normalized spacial score (nSPS) is 10.3. The molecule has 0 fully saturated rings. The third kappa shape index (κ3) is 6.24. The fraction of sp³-hybridized carbons (Fsp3) is 0.120. The van der Waals surface area contributed by atoms with Crippen molar-refractivity contribution >= 4 is 5.97 Å². The molecule has 0 amide bonds. The van der Waals surface area contributed by atoms with Gasteiger partial charge in [0.1, 0.15) is 11.6 Å². The second kappa shape index (κ2) is 10.2. The van der Waals surface area contributed by atoms with Crippen molar-refractivity contribution in [2.45, 2.75) is 13.0 Å². The van der Waals surface area contributed by atoms with Crippen molar-refractivity contribution in [3.63, 3.8) is 0 Å². The Morgan fingerprint density at radius 2 is 1.79 bits per heavy atom. The quantitative estimate of drug-likeness (QED) is 0.440. The predicted octanol–water partition coefficient (Wildman–Crippen LogP) is 3.59. The molecule has 0 aliphatic rings. The number of carbonyl (C=O) groups is 1.